The van der Waals surface area contributed by atoms with Crippen LogP contribution < -0.4 is 10.6 Å². The van der Waals surface area contributed by atoms with Crippen LogP contribution in [0.2, 0.25) is 5.02 Å². The van der Waals surface area contributed by atoms with E-state index in [1.54, 1.807) is 42.5 Å². The Morgan fingerprint density at radius 2 is 1.69 bits per heavy atom. The van der Waals surface area contributed by atoms with E-state index in [9.17, 15) is 18.0 Å². The predicted molar refractivity (Wildman–Crippen MR) is 106 cm³/mol. The highest BCUT2D eigenvalue weighted by atomic mass is 35.5. The summed E-state index contributed by atoms with van der Waals surface area (Å²) in [6.07, 6.45) is -0.881. The van der Waals surface area contributed by atoms with Gasteiger partial charge in [-0.1, -0.05) is 41.9 Å². The monoisotopic (exact) mass is 437 g/mol. The maximum atomic E-state index is 12.8. The summed E-state index contributed by atoms with van der Waals surface area (Å²) in [5.74, 6) is -1.69. The maximum absolute atomic E-state index is 12.8. The van der Waals surface area contributed by atoms with E-state index in [0.29, 0.717) is 5.02 Å². The molecule has 3 rings (SSSR count). The number of nitrogens with one attached hydrogen (secondary N) is 2. The minimum Gasteiger partial charge on any atom is -0.359 e. The van der Waals surface area contributed by atoms with Gasteiger partial charge in [0.2, 0.25) is 10.0 Å². The van der Waals surface area contributed by atoms with Crippen molar-refractivity contribution in [1.29, 1.82) is 0 Å². The Kier molecular flexibility index (Phi) is 6.86. The first-order chi connectivity index (χ1) is 13.9. The van der Waals surface area contributed by atoms with Gasteiger partial charge in [-0.05, 0) is 29.8 Å². The lowest BCUT2D eigenvalue weighted by Gasteiger charge is -2.22. The van der Waals surface area contributed by atoms with Crippen molar-refractivity contribution in [3.8, 4) is 0 Å². The van der Waals surface area contributed by atoms with Gasteiger partial charge in [0.25, 0.3) is 0 Å². The van der Waals surface area contributed by atoms with Gasteiger partial charge < -0.3 is 15.4 Å². The van der Waals surface area contributed by atoms with E-state index >= 15 is 0 Å². The third kappa shape index (κ3) is 5.33. The van der Waals surface area contributed by atoms with Crippen LogP contribution in [0.1, 0.15) is 5.56 Å². The number of ether oxygens (including phenoxy) is 1. The summed E-state index contributed by atoms with van der Waals surface area (Å²) in [7, 11) is -3.76. The van der Waals surface area contributed by atoms with Gasteiger partial charge in [0.1, 0.15) is 6.23 Å². The van der Waals surface area contributed by atoms with Gasteiger partial charge in [0, 0.05) is 18.1 Å². The van der Waals surface area contributed by atoms with Crippen LogP contribution in [0.5, 0.6) is 0 Å². The van der Waals surface area contributed by atoms with Gasteiger partial charge in [0.05, 0.1) is 18.0 Å². The largest absolute Gasteiger partial charge is 0.359 e. The standard InChI is InChI=1S/C19H20ClN3O5S/c20-15-8-6-14(7-9-15)12-21-18(24)19(25)22-13-17-23(10-11-28-17)29(26,27)16-4-2-1-3-5-16/h1-9,17H,10-13H2,(H,21,24)(H,22,25). The van der Waals surface area contributed by atoms with Crippen LogP contribution in [0, 0.1) is 0 Å². The van der Waals surface area contributed by atoms with Crippen molar-refractivity contribution in [3.63, 3.8) is 0 Å². The molecule has 0 saturated carbocycles. The van der Waals surface area contributed by atoms with Gasteiger partial charge in [-0.3, -0.25) is 9.59 Å². The molecule has 0 bridgehead atoms. The topological polar surface area (TPSA) is 105 Å². The first kappa shape index (κ1) is 21.3. The third-order valence-corrected chi connectivity index (χ3v) is 6.46. The first-order valence-electron chi connectivity index (χ1n) is 8.87. The van der Waals surface area contributed by atoms with E-state index in [1.807, 2.05) is 0 Å². The normalized spacial score (nSPS) is 17.1. The fourth-order valence-corrected chi connectivity index (χ4v) is 4.45. The molecule has 0 aliphatic carbocycles. The molecule has 8 nitrogen and oxygen atoms in total. The minimum absolute atomic E-state index is 0.140. The molecule has 10 heteroatoms. The van der Waals surface area contributed by atoms with Crippen molar-refractivity contribution < 1.29 is 22.7 Å². The zero-order valence-corrected chi connectivity index (χ0v) is 16.9. The summed E-state index contributed by atoms with van der Waals surface area (Å²) in [5, 5.41) is 5.49. The van der Waals surface area contributed by atoms with Crippen molar-refractivity contribution in [2.24, 2.45) is 0 Å². The minimum atomic E-state index is -3.76. The number of sulfonamides is 1. The zero-order valence-electron chi connectivity index (χ0n) is 15.4. The molecule has 0 aromatic heterocycles. The molecule has 29 heavy (non-hydrogen) atoms. The molecule has 1 atom stereocenters. The van der Waals surface area contributed by atoms with Gasteiger partial charge in [-0.25, -0.2) is 8.42 Å². The molecule has 1 saturated heterocycles. The molecule has 1 heterocycles. The van der Waals surface area contributed by atoms with E-state index in [-0.39, 0.29) is 31.1 Å². The fraction of sp³-hybridized carbons (Fsp3) is 0.263. The highest BCUT2D eigenvalue weighted by molar-refractivity contribution is 7.89. The number of carbonyl (C=O) groups excluding carboxylic acids is 2. The molecule has 0 spiro atoms. The number of hydrogen-bond donors (Lipinski definition) is 2. The lowest BCUT2D eigenvalue weighted by molar-refractivity contribution is -0.139. The lowest BCUT2D eigenvalue weighted by Crippen LogP contribution is -2.47. The number of halogens is 1. The van der Waals surface area contributed by atoms with Crippen LogP contribution in [0.3, 0.4) is 0 Å². The number of nitrogens with zero attached hydrogens (tertiary/aromatic N) is 1. The van der Waals surface area contributed by atoms with Crippen LogP contribution in [-0.4, -0.2) is 50.5 Å². The molecule has 2 amide bonds. The van der Waals surface area contributed by atoms with E-state index in [0.717, 1.165) is 5.56 Å². The Bertz CT molecular complexity index is 967. The van der Waals surface area contributed by atoms with Crippen LogP contribution in [-0.2, 0) is 30.9 Å². The Morgan fingerprint density at radius 3 is 2.38 bits per heavy atom. The average molecular weight is 438 g/mol. The highest BCUT2D eigenvalue weighted by Gasteiger charge is 2.36. The molecule has 1 aliphatic rings. The van der Waals surface area contributed by atoms with Crippen LogP contribution >= 0.6 is 11.6 Å². The lowest BCUT2D eigenvalue weighted by atomic mass is 10.2. The Morgan fingerprint density at radius 1 is 1.03 bits per heavy atom. The summed E-state index contributed by atoms with van der Waals surface area (Å²) < 4.78 is 32.1. The second-order valence-corrected chi connectivity index (χ2v) is 8.60. The molecule has 2 N–H and O–H groups in total. The van der Waals surface area contributed by atoms with E-state index in [1.165, 1.54) is 16.4 Å². The van der Waals surface area contributed by atoms with Crippen LogP contribution in [0.25, 0.3) is 0 Å². The third-order valence-electron chi connectivity index (χ3n) is 4.30. The number of carbonyl (C=O) groups is 2. The summed E-state index contributed by atoms with van der Waals surface area (Å²) in [6, 6.07) is 14.8. The molecular weight excluding hydrogens is 418 g/mol. The summed E-state index contributed by atoms with van der Waals surface area (Å²) in [5.41, 5.74) is 0.787. The number of rotatable bonds is 6. The number of hydrogen-bond acceptors (Lipinski definition) is 5. The zero-order chi connectivity index (χ0) is 20.9. The van der Waals surface area contributed by atoms with Gasteiger partial charge in [0.15, 0.2) is 0 Å². The van der Waals surface area contributed by atoms with Gasteiger partial charge in [-0.15, -0.1) is 0 Å². The SMILES string of the molecule is O=C(NCc1ccc(Cl)cc1)C(=O)NCC1OCCN1S(=O)(=O)c1ccccc1. The second kappa shape index (κ2) is 9.36. The quantitative estimate of drug-likeness (QED) is 0.659. The number of benzene rings is 2. The molecule has 1 aliphatic heterocycles. The molecule has 1 unspecified atom stereocenters. The number of amides is 2. The molecule has 2 aromatic carbocycles. The summed E-state index contributed by atoms with van der Waals surface area (Å²) in [6.45, 7) is 0.396. The van der Waals surface area contributed by atoms with Crippen LogP contribution in [0.4, 0.5) is 0 Å². The first-order valence-corrected chi connectivity index (χ1v) is 10.7. The van der Waals surface area contributed by atoms with Crippen molar-refractivity contribution in [3.05, 3.63) is 65.2 Å². The van der Waals surface area contributed by atoms with Crippen molar-refractivity contribution in [2.45, 2.75) is 17.7 Å². The maximum Gasteiger partial charge on any atom is 0.309 e. The van der Waals surface area contributed by atoms with E-state index in [2.05, 4.69) is 10.6 Å². The molecule has 154 valence electrons. The van der Waals surface area contributed by atoms with Crippen molar-refractivity contribution in [1.82, 2.24) is 14.9 Å². The van der Waals surface area contributed by atoms with Crippen LogP contribution in [0.15, 0.2) is 59.5 Å². The van der Waals surface area contributed by atoms with Crippen molar-refractivity contribution >= 4 is 33.4 Å². The highest BCUT2D eigenvalue weighted by Crippen LogP contribution is 2.21. The molecule has 1 fully saturated rings. The smallest absolute Gasteiger partial charge is 0.309 e. The molecule has 2 aromatic rings. The van der Waals surface area contributed by atoms with E-state index < -0.39 is 28.1 Å². The fourth-order valence-electron chi connectivity index (χ4n) is 2.79. The molecule has 0 radical (unpaired) electrons. The Hall–Kier alpha value is -2.46. The molecular formula is C19H20ClN3O5S. The average Bonchev–Trinajstić information content (AvgIpc) is 3.21. The van der Waals surface area contributed by atoms with E-state index in [4.69, 9.17) is 16.3 Å². The Labute approximate surface area is 173 Å². The Balaban J connectivity index is 1.53. The van der Waals surface area contributed by atoms with Gasteiger partial charge >= 0.3 is 11.8 Å². The van der Waals surface area contributed by atoms with Crippen molar-refractivity contribution in [2.75, 3.05) is 19.7 Å². The summed E-state index contributed by atoms with van der Waals surface area (Å²) in [4.78, 5) is 24.1. The second-order valence-electron chi connectivity index (χ2n) is 6.27. The predicted octanol–water partition coefficient (Wildman–Crippen LogP) is 1.12. The van der Waals surface area contributed by atoms with Gasteiger partial charge in [-0.2, -0.15) is 4.31 Å². The summed E-state index contributed by atoms with van der Waals surface area (Å²) >= 11 is 5.80.